The number of aromatic nitrogens is 2. The van der Waals surface area contributed by atoms with Gasteiger partial charge >= 0.3 is 0 Å². The maximum atomic E-state index is 11.1. The van der Waals surface area contributed by atoms with E-state index in [-0.39, 0.29) is 22.3 Å². The molecule has 0 bridgehead atoms. The molecule has 0 amide bonds. The molecule has 0 saturated heterocycles. The third-order valence-corrected chi connectivity index (χ3v) is 11.9. The summed E-state index contributed by atoms with van der Waals surface area (Å²) in [6, 6.07) is 56.4. The SMILES string of the molecule is N#Cc1ccc(-c2ccc(C#N)c(C#N)c2-n2c3ccccc3c3cc4oc5ccccc5c4cc32)c(-n2c3ccccc3c3cc4oc5ccccc5c4cc32)c1C#N. The van der Waals surface area contributed by atoms with Gasteiger partial charge in [0.15, 0.2) is 0 Å². The van der Waals surface area contributed by atoms with Crippen molar-refractivity contribution in [3.8, 4) is 46.8 Å². The second-order valence-corrected chi connectivity index (χ2v) is 14.8. The van der Waals surface area contributed by atoms with E-state index in [1.807, 2.05) is 121 Å². The molecule has 4 aromatic heterocycles. The fourth-order valence-corrected chi connectivity index (χ4v) is 9.35. The van der Waals surface area contributed by atoms with E-state index in [2.05, 4.69) is 45.5 Å². The molecule has 0 N–H and O–H groups in total. The van der Waals surface area contributed by atoms with Crippen molar-refractivity contribution in [3.63, 3.8) is 0 Å². The predicted octanol–water partition coefficient (Wildman–Crippen LogP) is 12.8. The Hall–Kier alpha value is -9.08. The third kappa shape index (κ3) is 4.34. The molecule has 8 nitrogen and oxygen atoms in total. The number of benzene rings is 8. The van der Waals surface area contributed by atoms with Crippen molar-refractivity contribution < 1.29 is 8.83 Å². The van der Waals surface area contributed by atoms with Crippen LogP contribution in [0.15, 0.2) is 154 Å². The van der Waals surface area contributed by atoms with Crippen molar-refractivity contribution in [3.05, 3.63) is 168 Å². The normalized spacial score (nSPS) is 11.6. The molecular formula is C52H24N6O2. The molecule has 12 rings (SSSR count). The van der Waals surface area contributed by atoms with Crippen LogP contribution in [0.3, 0.4) is 0 Å². The molecule has 0 fully saturated rings. The zero-order valence-corrected chi connectivity index (χ0v) is 31.4. The Morgan fingerprint density at radius 3 is 1.15 bits per heavy atom. The average molecular weight is 765 g/mol. The number of hydrogen-bond donors (Lipinski definition) is 0. The van der Waals surface area contributed by atoms with Crippen LogP contribution in [0.4, 0.5) is 0 Å². The molecule has 8 aromatic carbocycles. The Bertz CT molecular complexity index is 3810. The fourth-order valence-electron chi connectivity index (χ4n) is 9.35. The largest absolute Gasteiger partial charge is 0.456 e. The van der Waals surface area contributed by atoms with Gasteiger partial charge in [-0.25, -0.2) is 0 Å². The Kier molecular flexibility index (Phi) is 6.73. The molecule has 0 aliphatic carbocycles. The molecule has 0 saturated carbocycles. The first-order valence-corrected chi connectivity index (χ1v) is 19.2. The lowest BCUT2D eigenvalue weighted by atomic mass is 9.92. The summed E-state index contributed by atoms with van der Waals surface area (Å²) in [5.41, 5.74) is 9.18. The zero-order valence-electron chi connectivity index (χ0n) is 31.4. The smallest absolute Gasteiger partial charge is 0.136 e. The predicted molar refractivity (Wildman–Crippen MR) is 234 cm³/mol. The number of para-hydroxylation sites is 4. The van der Waals surface area contributed by atoms with E-state index in [0.29, 0.717) is 22.5 Å². The topological polar surface area (TPSA) is 131 Å². The van der Waals surface area contributed by atoms with Gasteiger partial charge in [0.25, 0.3) is 0 Å². The molecule has 274 valence electrons. The minimum Gasteiger partial charge on any atom is -0.456 e. The first-order chi connectivity index (χ1) is 29.6. The van der Waals surface area contributed by atoms with Crippen LogP contribution >= 0.6 is 0 Å². The van der Waals surface area contributed by atoms with E-state index in [1.54, 1.807) is 12.1 Å². The highest BCUT2D eigenvalue weighted by molar-refractivity contribution is 6.19. The van der Waals surface area contributed by atoms with Crippen molar-refractivity contribution in [2.24, 2.45) is 0 Å². The summed E-state index contributed by atoms with van der Waals surface area (Å²) in [6.45, 7) is 0. The number of hydrogen-bond acceptors (Lipinski definition) is 6. The van der Waals surface area contributed by atoms with Gasteiger partial charge < -0.3 is 18.0 Å². The minimum atomic E-state index is 0.178. The van der Waals surface area contributed by atoms with Crippen LogP contribution in [0.1, 0.15) is 22.3 Å². The Morgan fingerprint density at radius 1 is 0.333 bits per heavy atom. The molecule has 8 heteroatoms. The quantitative estimate of drug-likeness (QED) is 0.176. The van der Waals surface area contributed by atoms with Crippen molar-refractivity contribution in [1.82, 2.24) is 9.13 Å². The molecule has 0 aliphatic heterocycles. The molecule has 0 aliphatic rings. The van der Waals surface area contributed by atoms with Crippen LogP contribution in [-0.2, 0) is 0 Å². The van der Waals surface area contributed by atoms with Crippen molar-refractivity contribution >= 4 is 87.5 Å². The number of furan rings is 2. The van der Waals surface area contributed by atoms with Gasteiger partial charge in [0.2, 0.25) is 0 Å². The molecule has 4 heterocycles. The molecule has 0 unspecified atom stereocenters. The summed E-state index contributed by atoms with van der Waals surface area (Å²) >= 11 is 0. The van der Waals surface area contributed by atoms with Gasteiger partial charge in [-0.1, -0.05) is 84.9 Å². The van der Waals surface area contributed by atoms with Crippen LogP contribution in [0.2, 0.25) is 0 Å². The summed E-state index contributed by atoms with van der Waals surface area (Å²) < 4.78 is 16.8. The third-order valence-electron chi connectivity index (χ3n) is 11.9. The van der Waals surface area contributed by atoms with Gasteiger partial charge in [0, 0.05) is 54.2 Å². The van der Waals surface area contributed by atoms with Gasteiger partial charge in [-0.2, -0.15) is 21.0 Å². The zero-order chi connectivity index (χ0) is 40.2. The first kappa shape index (κ1) is 33.1. The molecule has 0 radical (unpaired) electrons. The summed E-state index contributed by atoms with van der Waals surface area (Å²) in [5, 5.41) is 50.6. The number of nitrogens with zero attached hydrogens (tertiary/aromatic N) is 6. The van der Waals surface area contributed by atoms with Crippen LogP contribution in [0.25, 0.3) is 110 Å². The van der Waals surface area contributed by atoms with Crippen LogP contribution in [0, 0.1) is 45.3 Å². The standard InChI is InChI=1S/C52H24N6O2/c53-25-29-17-19-35(51(41(29)27-55)57-43-13-5-1-9-31(43)37-23-49-39(21-45(37)57)33-11-3-7-15-47(33)59-49)36-20-18-30(26-54)42(28-56)52(36)58-44-14-6-2-10-32(44)38-24-50-40(22-46(38)58)34-12-4-8-16-48(34)60-50/h1-24H. The lowest BCUT2D eigenvalue weighted by Crippen LogP contribution is -2.07. The van der Waals surface area contributed by atoms with Gasteiger partial charge in [0.05, 0.1) is 55.7 Å². The Balaban J connectivity index is 1.26. The molecule has 60 heavy (non-hydrogen) atoms. The van der Waals surface area contributed by atoms with Crippen LogP contribution in [0.5, 0.6) is 0 Å². The van der Waals surface area contributed by atoms with E-state index in [1.165, 1.54) is 0 Å². The maximum absolute atomic E-state index is 11.1. The first-order valence-electron chi connectivity index (χ1n) is 19.2. The van der Waals surface area contributed by atoms with Crippen molar-refractivity contribution in [1.29, 1.82) is 21.0 Å². The molecule has 12 aromatic rings. The lowest BCUT2D eigenvalue weighted by molar-refractivity contribution is 0.669. The summed E-state index contributed by atoms with van der Waals surface area (Å²) in [4.78, 5) is 0. The van der Waals surface area contributed by atoms with Crippen LogP contribution in [-0.4, -0.2) is 9.13 Å². The lowest BCUT2D eigenvalue weighted by Gasteiger charge is -2.21. The van der Waals surface area contributed by atoms with E-state index < -0.39 is 0 Å². The van der Waals surface area contributed by atoms with E-state index >= 15 is 0 Å². The number of fused-ring (bicyclic) bond motifs is 12. The molecule has 0 atom stereocenters. The molecule has 0 spiro atoms. The number of rotatable bonds is 3. The highest BCUT2D eigenvalue weighted by atomic mass is 16.3. The Labute approximate surface area is 340 Å². The van der Waals surface area contributed by atoms with E-state index in [0.717, 1.165) is 87.5 Å². The maximum Gasteiger partial charge on any atom is 0.136 e. The van der Waals surface area contributed by atoms with Crippen LogP contribution < -0.4 is 0 Å². The second kappa shape index (κ2) is 12.2. The van der Waals surface area contributed by atoms with E-state index in [9.17, 15) is 21.0 Å². The average Bonchev–Trinajstić information content (AvgIpc) is 4.03. The molecular weight excluding hydrogens is 741 g/mol. The van der Waals surface area contributed by atoms with Gasteiger partial charge in [0.1, 0.15) is 46.6 Å². The van der Waals surface area contributed by atoms with Gasteiger partial charge in [-0.05, 0) is 60.7 Å². The minimum absolute atomic E-state index is 0.178. The van der Waals surface area contributed by atoms with E-state index in [4.69, 9.17) is 8.83 Å². The summed E-state index contributed by atoms with van der Waals surface area (Å²) in [5.74, 6) is 0. The highest BCUT2D eigenvalue weighted by Gasteiger charge is 2.28. The van der Waals surface area contributed by atoms with Crippen molar-refractivity contribution in [2.45, 2.75) is 0 Å². The fraction of sp³-hybridized carbons (Fsp3) is 0. The van der Waals surface area contributed by atoms with Crippen molar-refractivity contribution in [2.75, 3.05) is 0 Å². The monoisotopic (exact) mass is 764 g/mol. The number of nitriles is 4. The Morgan fingerprint density at radius 2 is 0.733 bits per heavy atom. The highest BCUT2D eigenvalue weighted by Crippen LogP contribution is 2.46. The second-order valence-electron chi connectivity index (χ2n) is 14.8. The summed E-state index contributed by atoms with van der Waals surface area (Å²) in [6.07, 6.45) is 0. The summed E-state index contributed by atoms with van der Waals surface area (Å²) in [7, 11) is 0. The van der Waals surface area contributed by atoms with Gasteiger partial charge in [-0.15, -0.1) is 0 Å². The van der Waals surface area contributed by atoms with Gasteiger partial charge in [-0.3, -0.25) is 0 Å².